The van der Waals surface area contributed by atoms with Gasteiger partial charge in [-0.2, -0.15) is 0 Å². The van der Waals surface area contributed by atoms with Gasteiger partial charge in [-0.1, -0.05) is 0 Å². The molecule has 17 heavy (non-hydrogen) atoms. The fourth-order valence-electron chi connectivity index (χ4n) is 1.51. The molecule has 2 heterocycles. The van der Waals surface area contributed by atoms with Gasteiger partial charge >= 0.3 is 0 Å². The molecule has 0 fully saturated rings. The van der Waals surface area contributed by atoms with Crippen molar-refractivity contribution in [1.82, 2.24) is 30.2 Å². The molecular weight excluding hydrogens is 218 g/mol. The predicted molar refractivity (Wildman–Crippen MR) is 64.9 cm³/mol. The molecule has 0 saturated heterocycles. The Morgan fingerprint density at radius 1 is 1.29 bits per heavy atom. The lowest BCUT2D eigenvalue weighted by Gasteiger charge is -2.09. The summed E-state index contributed by atoms with van der Waals surface area (Å²) in [4.78, 5) is 2.19. The van der Waals surface area contributed by atoms with Gasteiger partial charge in [0.2, 0.25) is 0 Å². The van der Waals surface area contributed by atoms with E-state index in [4.69, 9.17) is 0 Å². The fraction of sp³-hybridized carbons (Fsp3) is 0.600. The van der Waals surface area contributed by atoms with Gasteiger partial charge in [0.25, 0.3) is 0 Å². The second-order valence-corrected chi connectivity index (χ2v) is 4.18. The van der Waals surface area contributed by atoms with E-state index >= 15 is 0 Å². The van der Waals surface area contributed by atoms with Crippen LogP contribution in [0.1, 0.15) is 12.8 Å². The Kier molecular flexibility index (Phi) is 3.81. The van der Waals surface area contributed by atoms with Gasteiger partial charge in [0.1, 0.15) is 5.82 Å². The highest BCUT2D eigenvalue weighted by Gasteiger charge is 1.99. The van der Waals surface area contributed by atoms with E-state index in [-0.39, 0.29) is 0 Å². The zero-order valence-corrected chi connectivity index (χ0v) is 10.2. The number of fused-ring (bicyclic) bond motifs is 1. The van der Waals surface area contributed by atoms with Crippen molar-refractivity contribution in [3.63, 3.8) is 0 Å². The quantitative estimate of drug-likeness (QED) is 0.725. The Bertz CT molecular complexity index is 464. The number of nitrogens with one attached hydrogen (secondary N) is 1. The lowest BCUT2D eigenvalue weighted by molar-refractivity contribution is 0.396. The summed E-state index contributed by atoms with van der Waals surface area (Å²) >= 11 is 0. The zero-order chi connectivity index (χ0) is 12.1. The summed E-state index contributed by atoms with van der Waals surface area (Å²) in [6, 6.07) is 3.73. The first-order valence-electron chi connectivity index (χ1n) is 5.70. The molecule has 7 heteroatoms. The molecule has 7 nitrogen and oxygen atoms in total. The summed E-state index contributed by atoms with van der Waals surface area (Å²) in [5.74, 6) is 0.801. The van der Waals surface area contributed by atoms with Crippen molar-refractivity contribution in [3.05, 3.63) is 12.1 Å². The SMILES string of the molecule is CN(C)CCCCNc1ccc2nnnn2n1. The van der Waals surface area contributed by atoms with E-state index in [1.165, 1.54) is 11.1 Å². The lowest BCUT2D eigenvalue weighted by Crippen LogP contribution is -2.14. The molecule has 0 aromatic carbocycles. The molecule has 0 radical (unpaired) electrons. The summed E-state index contributed by atoms with van der Waals surface area (Å²) < 4.78 is 1.42. The maximum atomic E-state index is 4.23. The Labute approximate surface area is 99.8 Å². The number of anilines is 1. The van der Waals surface area contributed by atoms with Crippen molar-refractivity contribution in [1.29, 1.82) is 0 Å². The molecule has 1 N–H and O–H groups in total. The van der Waals surface area contributed by atoms with Crippen LogP contribution < -0.4 is 5.32 Å². The highest BCUT2D eigenvalue weighted by Crippen LogP contribution is 2.03. The molecule has 0 unspecified atom stereocenters. The molecule has 0 atom stereocenters. The van der Waals surface area contributed by atoms with Crippen LogP contribution in [0, 0.1) is 0 Å². The van der Waals surface area contributed by atoms with Crippen LogP contribution in [0.25, 0.3) is 5.65 Å². The smallest absolute Gasteiger partial charge is 0.200 e. The standard InChI is InChI=1S/C10H17N7/c1-16(2)8-4-3-7-11-9-5-6-10-12-14-15-17(10)13-9/h5-6H,3-4,7-8H2,1-2H3,(H,11,13). The van der Waals surface area contributed by atoms with Crippen LogP contribution in [0.15, 0.2) is 12.1 Å². The minimum absolute atomic E-state index is 0.656. The minimum Gasteiger partial charge on any atom is -0.369 e. The first kappa shape index (κ1) is 11.7. The first-order chi connectivity index (χ1) is 8.25. The summed E-state index contributed by atoms with van der Waals surface area (Å²) in [6.45, 7) is 2.02. The number of tetrazole rings is 1. The van der Waals surface area contributed by atoms with Gasteiger partial charge in [-0.05, 0) is 56.0 Å². The van der Waals surface area contributed by atoms with E-state index in [2.05, 4.69) is 44.9 Å². The van der Waals surface area contributed by atoms with Gasteiger partial charge in [-0.15, -0.1) is 14.8 Å². The Balaban J connectivity index is 1.78. The normalized spacial score (nSPS) is 11.2. The highest BCUT2D eigenvalue weighted by atomic mass is 15.6. The summed E-state index contributed by atoms with van der Waals surface area (Å²) in [6.07, 6.45) is 2.29. The first-order valence-corrected chi connectivity index (χ1v) is 5.70. The number of unbranched alkanes of at least 4 members (excludes halogenated alkanes) is 1. The highest BCUT2D eigenvalue weighted by molar-refractivity contribution is 5.41. The summed E-state index contributed by atoms with van der Waals surface area (Å²) in [7, 11) is 4.17. The Hall–Kier alpha value is -1.76. The number of aromatic nitrogens is 5. The van der Waals surface area contributed by atoms with E-state index in [0.717, 1.165) is 25.3 Å². The maximum Gasteiger partial charge on any atom is 0.200 e. The number of rotatable bonds is 6. The van der Waals surface area contributed by atoms with Crippen molar-refractivity contribution >= 4 is 11.5 Å². The van der Waals surface area contributed by atoms with Crippen LogP contribution in [-0.2, 0) is 0 Å². The molecule has 0 spiro atoms. The topological polar surface area (TPSA) is 71.2 Å². The molecule has 0 saturated carbocycles. The van der Waals surface area contributed by atoms with E-state index in [1.807, 2.05) is 12.1 Å². The summed E-state index contributed by atoms with van der Waals surface area (Å²) in [5.41, 5.74) is 0.656. The molecule has 2 aromatic heterocycles. The van der Waals surface area contributed by atoms with Crippen molar-refractivity contribution in [3.8, 4) is 0 Å². The van der Waals surface area contributed by atoms with Crippen LogP contribution in [0.5, 0.6) is 0 Å². The monoisotopic (exact) mass is 235 g/mol. The maximum absolute atomic E-state index is 4.23. The van der Waals surface area contributed by atoms with Gasteiger partial charge in [-0.3, -0.25) is 0 Å². The molecule has 2 rings (SSSR count). The van der Waals surface area contributed by atoms with Gasteiger partial charge in [-0.25, -0.2) is 0 Å². The molecule has 0 bridgehead atoms. The van der Waals surface area contributed by atoms with Crippen molar-refractivity contribution < 1.29 is 0 Å². The third-order valence-corrected chi connectivity index (χ3v) is 2.41. The van der Waals surface area contributed by atoms with Crippen LogP contribution in [0.4, 0.5) is 5.82 Å². The Morgan fingerprint density at radius 3 is 3.00 bits per heavy atom. The number of nitrogens with zero attached hydrogens (tertiary/aromatic N) is 6. The Morgan fingerprint density at radius 2 is 2.18 bits per heavy atom. The second-order valence-electron chi connectivity index (χ2n) is 4.18. The van der Waals surface area contributed by atoms with Crippen molar-refractivity contribution in [2.45, 2.75) is 12.8 Å². The number of hydrogen-bond acceptors (Lipinski definition) is 6. The van der Waals surface area contributed by atoms with Crippen LogP contribution in [0.3, 0.4) is 0 Å². The average Bonchev–Trinajstić information content (AvgIpc) is 2.75. The molecule has 0 aliphatic rings. The summed E-state index contributed by atoms with van der Waals surface area (Å²) in [5, 5.41) is 18.6. The average molecular weight is 235 g/mol. The number of hydrogen-bond donors (Lipinski definition) is 1. The van der Waals surface area contributed by atoms with E-state index < -0.39 is 0 Å². The second kappa shape index (κ2) is 5.53. The molecule has 0 aliphatic heterocycles. The molecule has 0 amide bonds. The molecule has 2 aromatic rings. The van der Waals surface area contributed by atoms with Crippen LogP contribution in [-0.4, -0.2) is 57.3 Å². The predicted octanol–water partition coefficient (Wildman–Crippen LogP) is 0.273. The van der Waals surface area contributed by atoms with E-state index in [9.17, 15) is 0 Å². The van der Waals surface area contributed by atoms with Gasteiger partial charge in [0, 0.05) is 6.54 Å². The van der Waals surface area contributed by atoms with Gasteiger partial charge in [0.05, 0.1) is 0 Å². The van der Waals surface area contributed by atoms with E-state index in [1.54, 1.807) is 0 Å². The minimum atomic E-state index is 0.656. The van der Waals surface area contributed by atoms with Crippen molar-refractivity contribution in [2.24, 2.45) is 0 Å². The molecular formula is C10H17N7. The largest absolute Gasteiger partial charge is 0.369 e. The third-order valence-electron chi connectivity index (χ3n) is 2.41. The lowest BCUT2D eigenvalue weighted by atomic mass is 10.3. The van der Waals surface area contributed by atoms with Crippen LogP contribution >= 0.6 is 0 Å². The fourth-order valence-corrected chi connectivity index (χ4v) is 1.51. The molecule has 92 valence electrons. The van der Waals surface area contributed by atoms with Crippen molar-refractivity contribution in [2.75, 3.05) is 32.5 Å². The van der Waals surface area contributed by atoms with Crippen LogP contribution in [0.2, 0.25) is 0 Å². The van der Waals surface area contributed by atoms with E-state index in [0.29, 0.717) is 5.65 Å². The molecule has 0 aliphatic carbocycles. The zero-order valence-electron chi connectivity index (χ0n) is 10.2. The van der Waals surface area contributed by atoms with Gasteiger partial charge < -0.3 is 10.2 Å². The third kappa shape index (κ3) is 3.35. The van der Waals surface area contributed by atoms with Gasteiger partial charge in [0.15, 0.2) is 5.65 Å².